The Morgan fingerprint density at radius 2 is 1.88 bits per heavy atom. The average Bonchev–Trinajstić information content (AvgIpc) is 2.85. The van der Waals surface area contributed by atoms with E-state index in [4.69, 9.17) is 10.5 Å². The predicted octanol–water partition coefficient (Wildman–Crippen LogP) is 1.00. The fourth-order valence-electron chi connectivity index (χ4n) is 2.70. The molecule has 1 aliphatic rings. The van der Waals surface area contributed by atoms with E-state index in [2.05, 4.69) is 19.9 Å². The van der Waals surface area contributed by atoms with Gasteiger partial charge in [-0.1, -0.05) is 0 Å². The molecule has 2 aromatic rings. The van der Waals surface area contributed by atoms with Crippen molar-refractivity contribution in [2.75, 3.05) is 36.8 Å². The fraction of sp³-hybridized carbons (Fsp3) is 0.600. The second kappa shape index (κ2) is 5.81. The van der Waals surface area contributed by atoms with Crippen LogP contribution >= 0.6 is 0 Å². The zero-order chi connectivity index (χ0) is 17.5. The molecule has 0 unspecified atom stereocenters. The Morgan fingerprint density at radius 1 is 1.21 bits per heavy atom. The highest BCUT2D eigenvalue weighted by Gasteiger charge is 2.27. The molecule has 130 valence electrons. The number of aromatic nitrogens is 4. The van der Waals surface area contributed by atoms with Crippen LogP contribution in [0.25, 0.3) is 11.2 Å². The molecule has 1 aliphatic heterocycles. The minimum atomic E-state index is -0.484. The van der Waals surface area contributed by atoms with Gasteiger partial charge in [-0.05, 0) is 20.8 Å². The highest BCUT2D eigenvalue weighted by molar-refractivity contribution is 5.84. The maximum Gasteiger partial charge on any atom is 0.410 e. The molecule has 0 bridgehead atoms. The third-order valence-corrected chi connectivity index (χ3v) is 3.87. The number of hydrogen-bond donors (Lipinski definition) is 1. The lowest BCUT2D eigenvalue weighted by Crippen LogP contribution is -2.50. The normalized spacial score (nSPS) is 15.8. The van der Waals surface area contributed by atoms with Gasteiger partial charge in [0.2, 0.25) is 5.95 Å². The van der Waals surface area contributed by atoms with Crippen LogP contribution in [0.1, 0.15) is 20.8 Å². The molecule has 0 spiro atoms. The molecule has 24 heavy (non-hydrogen) atoms. The molecule has 9 heteroatoms. The van der Waals surface area contributed by atoms with Crippen LogP contribution in [0.3, 0.4) is 0 Å². The topological polar surface area (TPSA) is 102 Å². The summed E-state index contributed by atoms with van der Waals surface area (Å²) in [5.41, 5.74) is 6.69. The summed E-state index contributed by atoms with van der Waals surface area (Å²) in [5.74, 6) is 1.15. The van der Waals surface area contributed by atoms with Crippen LogP contribution in [0.4, 0.5) is 16.6 Å². The Kier molecular flexibility index (Phi) is 3.94. The Labute approximate surface area is 140 Å². The van der Waals surface area contributed by atoms with Crippen molar-refractivity contribution in [1.29, 1.82) is 0 Å². The van der Waals surface area contributed by atoms with E-state index < -0.39 is 5.60 Å². The largest absolute Gasteiger partial charge is 0.444 e. The predicted molar refractivity (Wildman–Crippen MR) is 90.7 cm³/mol. The first-order valence-electron chi connectivity index (χ1n) is 7.92. The lowest BCUT2D eigenvalue weighted by molar-refractivity contribution is 0.0240. The Balaban J connectivity index is 1.72. The molecule has 0 radical (unpaired) electrons. The summed E-state index contributed by atoms with van der Waals surface area (Å²) < 4.78 is 7.32. The summed E-state index contributed by atoms with van der Waals surface area (Å²) in [5, 5.41) is 0. The molecule has 1 saturated heterocycles. The standard InChI is InChI=1S/C15H23N7O2/c1-15(2,3)24-14(23)22-7-5-21(6-8-22)13-19-10-11(16)17-9-18-12(10)20(13)4/h9H,5-8H2,1-4H3,(H2,16,17,18). The molecule has 2 N–H and O–H groups in total. The number of rotatable bonds is 1. The molecule has 3 heterocycles. The van der Waals surface area contributed by atoms with Crippen molar-refractivity contribution in [1.82, 2.24) is 24.4 Å². The second-order valence-corrected chi connectivity index (χ2v) is 6.86. The lowest BCUT2D eigenvalue weighted by atomic mass is 10.2. The Bertz CT molecular complexity index is 757. The summed E-state index contributed by atoms with van der Waals surface area (Å²) in [4.78, 5) is 28.8. The van der Waals surface area contributed by atoms with E-state index in [0.717, 1.165) is 5.95 Å². The number of nitrogen functional groups attached to an aromatic ring is 1. The molecule has 0 atom stereocenters. The average molecular weight is 333 g/mol. The molecule has 2 aromatic heterocycles. The fourth-order valence-corrected chi connectivity index (χ4v) is 2.70. The number of amides is 1. The first-order chi connectivity index (χ1) is 11.3. The number of carbonyl (C=O) groups is 1. The van der Waals surface area contributed by atoms with Gasteiger partial charge in [0.15, 0.2) is 17.0 Å². The first kappa shape index (κ1) is 16.3. The quantitative estimate of drug-likeness (QED) is 0.830. The van der Waals surface area contributed by atoms with Crippen molar-refractivity contribution in [2.45, 2.75) is 26.4 Å². The van der Waals surface area contributed by atoms with Crippen LogP contribution in [-0.2, 0) is 11.8 Å². The zero-order valence-corrected chi connectivity index (χ0v) is 14.5. The summed E-state index contributed by atoms with van der Waals surface area (Å²) >= 11 is 0. The Morgan fingerprint density at radius 3 is 2.46 bits per heavy atom. The summed E-state index contributed by atoms with van der Waals surface area (Å²) in [7, 11) is 1.90. The van der Waals surface area contributed by atoms with Gasteiger partial charge < -0.3 is 20.3 Å². The van der Waals surface area contributed by atoms with Crippen molar-refractivity contribution in [3.05, 3.63) is 6.33 Å². The first-order valence-corrected chi connectivity index (χ1v) is 7.92. The third-order valence-electron chi connectivity index (χ3n) is 3.87. The number of imidazole rings is 1. The van der Waals surface area contributed by atoms with Gasteiger partial charge in [0.05, 0.1) is 0 Å². The van der Waals surface area contributed by atoms with E-state index in [1.807, 2.05) is 32.4 Å². The van der Waals surface area contributed by atoms with Gasteiger partial charge in [-0.15, -0.1) is 0 Å². The smallest absolute Gasteiger partial charge is 0.410 e. The van der Waals surface area contributed by atoms with E-state index in [-0.39, 0.29) is 6.09 Å². The van der Waals surface area contributed by atoms with Crippen molar-refractivity contribution in [3.63, 3.8) is 0 Å². The SMILES string of the molecule is Cn1c(N2CCN(C(=O)OC(C)(C)C)CC2)nc2c(N)ncnc21. The number of hydrogen-bond acceptors (Lipinski definition) is 7. The number of carbonyl (C=O) groups excluding carboxylic acids is 1. The van der Waals surface area contributed by atoms with Crippen LogP contribution in [0.2, 0.25) is 0 Å². The lowest BCUT2D eigenvalue weighted by Gasteiger charge is -2.35. The number of nitrogens with two attached hydrogens (primary N) is 1. The highest BCUT2D eigenvalue weighted by atomic mass is 16.6. The summed E-state index contributed by atoms with van der Waals surface area (Å²) in [6.45, 7) is 8.11. The van der Waals surface area contributed by atoms with E-state index >= 15 is 0 Å². The van der Waals surface area contributed by atoms with Gasteiger partial charge in [-0.3, -0.25) is 4.57 Å². The van der Waals surface area contributed by atoms with Gasteiger partial charge in [-0.2, -0.15) is 0 Å². The molecule has 3 rings (SSSR count). The monoisotopic (exact) mass is 333 g/mol. The molecule has 0 aliphatic carbocycles. The van der Waals surface area contributed by atoms with Gasteiger partial charge in [0.25, 0.3) is 0 Å². The van der Waals surface area contributed by atoms with Crippen molar-refractivity contribution in [3.8, 4) is 0 Å². The van der Waals surface area contributed by atoms with Crippen molar-refractivity contribution < 1.29 is 9.53 Å². The van der Waals surface area contributed by atoms with Crippen LogP contribution in [0, 0.1) is 0 Å². The van der Waals surface area contributed by atoms with E-state index in [1.165, 1.54) is 6.33 Å². The van der Waals surface area contributed by atoms with E-state index in [1.54, 1.807) is 4.90 Å². The molecular weight excluding hydrogens is 310 g/mol. The number of fused-ring (bicyclic) bond motifs is 1. The minimum Gasteiger partial charge on any atom is -0.444 e. The van der Waals surface area contributed by atoms with Crippen LogP contribution in [0.5, 0.6) is 0 Å². The Hall–Kier alpha value is -2.58. The van der Waals surface area contributed by atoms with E-state index in [0.29, 0.717) is 43.2 Å². The van der Waals surface area contributed by atoms with Crippen molar-refractivity contribution in [2.24, 2.45) is 7.05 Å². The van der Waals surface area contributed by atoms with Gasteiger partial charge in [0.1, 0.15) is 11.9 Å². The maximum atomic E-state index is 12.1. The van der Waals surface area contributed by atoms with Gasteiger partial charge >= 0.3 is 6.09 Å². The van der Waals surface area contributed by atoms with Gasteiger partial charge in [0, 0.05) is 33.2 Å². The molecule has 1 fully saturated rings. The van der Waals surface area contributed by atoms with Crippen molar-refractivity contribution >= 4 is 29.0 Å². The number of piperazine rings is 1. The van der Waals surface area contributed by atoms with Crippen LogP contribution in [0.15, 0.2) is 6.33 Å². The van der Waals surface area contributed by atoms with E-state index in [9.17, 15) is 4.79 Å². The number of anilines is 2. The van der Waals surface area contributed by atoms with Crippen LogP contribution in [-0.4, -0.2) is 62.3 Å². The third kappa shape index (κ3) is 3.06. The van der Waals surface area contributed by atoms with Gasteiger partial charge in [-0.25, -0.2) is 19.7 Å². The summed E-state index contributed by atoms with van der Waals surface area (Å²) in [6.07, 6.45) is 1.16. The number of aryl methyl sites for hydroxylation is 1. The highest BCUT2D eigenvalue weighted by Crippen LogP contribution is 2.23. The minimum absolute atomic E-state index is 0.276. The van der Waals surface area contributed by atoms with Crippen LogP contribution < -0.4 is 10.6 Å². The molecule has 0 aromatic carbocycles. The molecule has 0 saturated carbocycles. The summed E-state index contributed by atoms with van der Waals surface area (Å²) in [6, 6.07) is 0. The maximum absolute atomic E-state index is 12.1. The zero-order valence-electron chi connectivity index (χ0n) is 14.5. The molecule has 9 nitrogen and oxygen atoms in total. The molecule has 1 amide bonds. The molecular formula is C15H23N7O2. The second-order valence-electron chi connectivity index (χ2n) is 6.86. The number of ether oxygens (including phenoxy) is 1. The number of nitrogens with zero attached hydrogens (tertiary/aromatic N) is 6.